The average molecular weight is 620 g/mol. The first-order chi connectivity index (χ1) is 20.6. The maximum atomic E-state index is 13.8. The minimum Gasteiger partial charge on any atom is -0.497 e. The number of halogens is 1. The molecule has 0 aliphatic heterocycles. The summed E-state index contributed by atoms with van der Waals surface area (Å²) in [6.07, 6.45) is 0. The first-order valence-electron chi connectivity index (χ1n) is 13.7. The highest BCUT2D eigenvalue weighted by molar-refractivity contribution is 7.98. The van der Waals surface area contributed by atoms with Gasteiger partial charge >= 0.3 is 0 Å². The van der Waals surface area contributed by atoms with Crippen LogP contribution in [-0.2, 0) is 11.5 Å². The van der Waals surface area contributed by atoms with Gasteiger partial charge in [0.2, 0.25) is 0 Å². The zero-order chi connectivity index (χ0) is 29.1. The van der Waals surface area contributed by atoms with Gasteiger partial charge in [-0.3, -0.25) is 0 Å². The second-order valence-electron chi connectivity index (χ2n) is 9.56. The zero-order valence-corrected chi connectivity index (χ0v) is 26.1. The van der Waals surface area contributed by atoms with E-state index in [4.69, 9.17) is 14.5 Å². The van der Waals surface area contributed by atoms with Gasteiger partial charge in [-0.1, -0.05) is 30.3 Å². The molecule has 0 atom stereocenters. The van der Waals surface area contributed by atoms with E-state index < -0.39 is 0 Å². The predicted octanol–water partition coefficient (Wildman–Crippen LogP) is 8.35. The Hall–Kier alpha value is -3.24. The smallest absolute Gasteiger partial charge is 0.124 e. The van der Waals surface area contributed by atoms with E-state index in [2.05, 4.69) is 53.1 Å². The number of hydrogen-bond donors (Lipinski definition) is 2. The Morgan fingerprint density at radius 2 is 1.50 bits per heavy atom. The summed E-state index contributed by atoms with van der Waals surface area (Å²) in [5, 5.41) is 8.08. The van der Waals surface area contributed by atoms with Gasteiger partial charge in [0, 0.05) is 53.0 Å². The number of rotatable bonds is 15. The van der Waals surface area contributed by atoms with E-state index in [-0.39, 0.29) is 5.82 Å². The van der Waals surface area contributed by atoms with Crippen molar-refractivity contribution in [2.45, 2.75) is 16.4 Å². The lowest BCUT2D eigenvalue weighted by Gasteiger charge is -2.14. The number of anilines is 1. The molecule has 0 amide bonds. The summed E-state index contributed by atoms with van der Waals surface area (Å²) in [6, 6.07) is 27.6. The number of methoxy groups -OCH3 is 2. The fraction of sp³-hybridized carbons (Fsp3) is 0.242. The molecular weight excluding hydrogens is 586 g/mol. The van der Waals surface area contributed by atoms with Crippen molar-refractivity contribution in [3.63, 3.8) is 0 Å². The van der Waals surface area contributed by atoms with Crippen molar-refractivity contribution in [1.29, 1.82) is 0 Å². The zero-order valence-electron chi connectivity index (χ0n) is 23.7. The second kappa shape index (κ2) is 15.3. The standard InChI is InChI=1S/C33H34FN3O2S3/c1-38-27-9-3-23(4-10-27)21-40-18-17-35-15-16-36-30-19-25(33-37-29-13-8-26(34)20-32(29)42-33)7-14-31(30)41-22-24-5-11-28(39-2)12-6-24/h3-14,19-20,35-36H,15-18,21-22H2,1-2H3. The highest BCUT2D eigenvalue weighted by Crippen LogP contribution is 2.37. The topological polar surface area (TPSA) is 55.4 Å². The summed E-state index contributed by atoms with van der Waals surface area (Å²) in [5.41, 5.74) is 5.46. The van der Waals surface area contributed by atoms with Crippen LogP contribution in [0.4, 0.5) is 10.1 Å². The summed E-state index contributed by atoms with van der Waals surface area (Å²) in [6.45, 7) is 2.61. The number of thioether (sulfide) groups is 2. The van der Waals surface area contributed by atoms with Crippen molar-refractivity contribution in [2.24, 2.45) is 0 Å². The number of ether oxygens (including phenoxy) is 2. The molecule has 0 fully saturated rings. The molecule has 0 saturated heterocycles. The second-order valence-corrected chi connectivity index (χ2v) is 12.7. The Morgan fingerprint density at radius 1 is 0.786 bits per heavy atom. The van der Waals surface area contributed by atoms with Crippen LogP contribution in [0.3, 0.4) is 0 Å². The fourth-order valence-electron chi connectivity index (χ4n) is 4.30. The van der Waals surface area contributed by atoms with Crippen molar-refractivity contribution >= 4 is 50.8 Å². The van der Waals surface area contributed by atoms with Crippen molar-refractivity contribution in [2.75, 3.05) is 44.9 Å². The number of fused-ring (bicyclic) bond motifs is 1. The molecule has 0 aliphatic rings. The average Bonchev–Trinajstić information content (AvgIpc) is 3.45. The molecular formula is C33H34FN3O2S3. The number of thiazole rings is 1. The molecule has 9 heteroatoms. The highest BCUT2D eigenvalue weighted by atomic mass is 32.2. The molecule has 218 valence electrons. The van der Waals surface area contributed by atoms with E-state index in [0.717, 1.165) is 74.9 Å². The van der Waals surface area contributed by atoms with Gasteiger partial charge in [0.05, 0.1) is 24.4 Å². The molecule has 5 nitrogen and oxygen atoms in total. The molecule has 5 rings (SSSR count). The number of nitrogens with zero attached hydrogens (tertiary/aromatic N) is 1. The Labute approximate surface area is 259 Å². The lowest BCUT2D eigenvalue weighted by atomic mass is 10.2. The Kier molecular flexibility index (Phi) is 11.0. The maximum Gasteiger partial charge on any atom is 0.124 e. The van der Waals surface area contributed by atoms with Crippen LogP contribution in [0.15, 0.2) is 89.8 Å². The van der Waals surface area contributed by atoms with Crippen LogP contribution in [-0.4, -0.2) is 44.6 Å². The van der Waals surface area contributed by atoms with Gasteiger partial charge < -0.3 is 20.1 Å². The lowest BCUT2D eigenvalue weighted by molar-refractivity contribution is 0.414. The molecule has 4 aromatic carbocycles. The Bertz CT molecular complexity index is 1580. The summed E-state index contributed by atoms with van der Waals surface area (Å²) in [4.78, 5) is 5.94. The molecule has 1 heterocycles. The van der Waals surface area contributed by atoms with Gasteiger partial charge in [0.25, 0.3) is 0 Å². The largest absolute Gasteiger partial charge is 0.497 e. The summed E-state index contributed by atoms with van der Waals surface area (Å²) in [5.74, 6) is 4.39. The molecule has 0 unspecified atom stereocenters. The quantitative estimate of drug-likeness (QED) is 0.0902. The predicted molar refractivity (Wildman–Crippen MR) is 178 cm³/mol. The molecule has 42 heavy (non-hydrogen) atoms. The third-order valence-corrected chi connectivity index (χ3v) is 9.84. The first-order valence-corrected chi connectivity index (χ1v) is 16.7. The van der Waals surface area contributed by atoms with Crippen molar-refractivity contribution in [3.05, 3.63) is 102 Å². The van der Waals surface area contributed by atoms with E-state index >= 15 is 0 Å². The Balaban J connectivity index is 1.17. The van der Waals surface area contributed by atoms with Crippen LogP contribution < -0.4 is 20.1 Å². The first kappa shape index (κ1) is 30.2. The van der Waals surface area contributed by atoms with E-state index in [9.17, 15) is 4.39 Å². The van der Waals surface area contributed by atoms with Crippen molar-refractivity contribution < 1.29 is 13.9 Å². The third kappa shape index (κ3) is 8.41. The molecule has 0 radical (unpaired) electrons. The monoisotopic (exact) mass is 619 g/mol. The van der Waals surface area contributed by atoms with Gasteiger partial charge in [0.15, 0.2) is 0 Å². The molecule has 5 aromatic rings. The minimum atomic E-state index is -0.239. The van der Waals surface area contributed by atoms with Crippen LogP contribution in [0, 0.1) is 5.82 Å². The fourth-order valence-corrected chi connectivity index (χ4v) is 7.11. The molecule has 0 spiro atoms. The van der Waals surface area contributed by atoms with Crippen LogP contribution in [0.2, 0.25) is 0 Å². The molecule has 0 bridgehead atoms. The van der Waals surface area contributed by atoms with Crippen LogP contribution >= 0.6 is 34.9 Å². The van der Waals surface area contributed by atoms with Gasteiger partial charge in [0.1, 0.15) is 22.3 Å². The third-order valence-electron chi connectivity index (χ3n) is 6.60. The van der Waals surface area contributed by atoms with Gasteiger partial charge in [-0.15, -0.1) is 23.1 Å². The lowest BCUT2D eigenvalue weighted by Crippen LogP contribution is -2.24. The molecule has 2 N–H and O–H groups in total. The van der Waals surface area contributed by atoms with Crippen LogP contribution in [0.1, 0.15) is 11.1 Å². The number of hydrogen-bond acceptors (Lipinski definition) is 8. The van der Waals surface area contributed by atoms with Crippen LogP contribution in [0.25, 0.3) is 20.8 Å². The highest BCUT2D eigenvalue weighted by Gasteiger charge is 2.11. The van der Waals surface area contributed by atoms with Gasteiger partial charge in [-0.2, -0.15) is 11.8 Å². The Morgan fingerprint density at radius 3 is 2.21 bits per heavy atom. The number of benzene rings is 4. The molecule has 0 saturated carbocycles. The number of nitrogens with one attached hydrogen (secondary N) is 2. The van der Waals surface area contributed by atoms with Crippen LogP contribution in [0.5, 0.6) is 11.5 Å². The van der Waals surface area contributed by atoms with E-state index in [0.29, 0.717) is 0 Å². The molecule has 0 aliphatic carbocycles. The van der Waals surface area contributed by atoms with E-state index in [1.165, 1.54) is 33.4 Å². The minimum absolute atomic E-state index is 0.239. The summed E-state index contributed by atoms with van der Waals surface area (Å²) in [7, 11) is 3.37. The van der Waals surface area contributed by atoms with Gasteiger partial charge in [-0.25, -0.2) is 9.37 Å². The van der Waals surface area contributed by atoms with Crippen molar-refractivity contribution in [3.8, 4) is 22.1 Å². The molecule has 1 aromatic heterocycles. The SMILES string of the molecule is COc1ccc(CSCCNCCNc2cc(-c3nc4ccc(F)cc4s3)ccc2SCc2ccc(OC)cc2)cc1. The normalized spacial score (nSPS) is 11.1. The maximum absolute atomic E-state index is 13.8. The van der Waals surface area contributed by atoms with E-state index in [1.807, 2.05) is 36.0 Å². The van der Waals surface area contributed by atoms with E-state index in [1.54, 1.807) is 38.1 Å². The van der Waals surface area contributed by atoms with Gasteiger partial charge in [-0.05, 0) is 65.7 Å². The number of aromatic nitrogens is 1. The summed E-state index contributed by atoms with van der Waals surface area (Å²) < 4.78 is 25.1. The summed E-state index contributed by atoms with van der Waals surface area (Å²) >= 11 is 5.23. The van der Waals surface area contributed by atoms with Crippen molar-refractivity contribution in [1.82, 2.24) is 10.3 Å².